The van der Waals surface area contributed by atoms with Gasteiger partial charge >= 0.3 is 11.8 Å². The van der Waals surface area contributed by atoms with E-state index in [4.69, 9.17) is 10.5 Å². The third-order valence-electron chi connectivity index (χ3n) is 3.16. The molecule has 3 amide bonds. The van der Waals surface area contributed by atoms with E-state index < -0.39 is 17.7 Å². The van der Waals surface area contributed by atoms with E-state index in [9.17, 15) is 14.4 Å². The predicted molar refractivity (Wildman–Crippen MR) is 75.6 cm³/mol. The first-order valence-electron chi connectivity index (χ1n) is 6.67. The summed E-state index contributed by atoms with van der Waals surface area (Å²) < 4.78 is 5.34. The number of benzene rings is 1. The van der Waals surface area contributed by atoms with Crippen molar-refractivity contribution in [3.05, 3.63) is 29.8 Å². The molecule has 0 saturated carbocycles. The Morgan fingerprint density at radius 1 is 1.24 bits per heavy atom. The van der Waals surface area contributed by atoms with Gasteiger partial charge in [0.2, 0.25) is 0 Å². The van der Waals surface area contributed by atoms with Gasteiger partial charge < -0.3 is 21.1 Å². The van der Waals surface area contributed by atoms with Crippen LogP contribution < -0.4 is 16.4 Å². The summed E-state index contributed by atoms with van der Waals surface area (Å²) in [6.07, 6.45) is 1.78. The van der Waals surface area contributed by atoms with Crippen LogP contribution in [0.15, 0.2) is 24.3 Å². The molecule has 0 aromatic heterocycles. The van der Waals surface area contributed by atoms with Gasteiger partial charge in [0.1, 0.15) is 0 Å². The summed E-state index contributed by atoms with van der Waals surface area (Å²) in [5.74, 6) is -2.29. The highest BCUT2D eigenvalue weighted by atomic mass is 16.5. The van der Waals surface area contributed by atoms with Gasteiger partial charge in [-0.1, -0.05) is 12.1 Å². The highest BCUT2D eigenvalue weighted by Gasteiger charge is 2.20. The van der Waals surface area contributed by atoms with Crippen LogP contribution in [0.25, 0.3) is 0 Å². The Balaban J connectivity index is 1.91. The molecule has 1 aliphatic heterocycles. The highest BCUT2D eigenvalue weighted by molar-refractivity contribution is 6.40. The minimum atomic E-state index is -0.846. The average molecular weight is 291 g/mol. The van der Waals surface area contributed by atoms with E-state index in [-0.39, 0.29) is 17.4 Å². The number of hydrogen-bond donors (Lipinski definition) is 3. The van der Waals surface area contributed by atoms with Crippen LogP contribution in [0.2, 0.25) is 0 Å². The lowest BCUT2D eigenvalue weighted by Crippen LogP contribution is -2.39. The number of anilines is 1. The Morgan fingerprint density at radius 3 is 2.67 bits per heavy atom. The Morgan fingerprint density at radius 2 is 2.00 bits per heavy atom. The van der Waals surface area contributed by atoms with Crippen molar-refractivity contribution >= 4 is 23.4 Å². The normalized spacial score (nSPS) is 17.2. The molecule has 1 unspecified atom stereocenters. The maximum Gasteiger partial charge on any atom is 0.313 e. The highest BCUT2D eigenvalue weighted by Crippen LogP contribution is 2.14. The van der Waals surface area contributed by atoms with Crippen molar-refractivity contribution in [2.24, 2.45) is 5.73 Å². The van der Waals surface area contributed by atoms with E-state index >= 15 is 0 Å². The molecule has 1 fully saturated rings. The van der Waals surface area contributed by atoms with Crippen LogP contribution >= 0.6 is 0 Å². The Labute approximate surface area is 121 Å². The number of para-hydroxylation sites is 1. The Hall–Kier alpha value is -2.41. The number of amides is 3. The molecule has 1 heterocycles. The summed E-state index contributed by atoms with van der Waals surface area (Å²) in [6.45, 7) is 0.975. The van der Waals surface area contributed by atoms with Gasteiger partial charge in [-0.05, 0) is 25.0 Å². The molecule has 7 nitrogen and oxygen atoms in total. The van der Waals surface area contributed by atoms with Crippen LogP contribution in [0, 0.1) is 0 Å². The van der Waals surface area contributed by atoms with E-state index in [1.54, 1.807) is 12.1 Å². The standard InChI is InChI=1S/C14H17N3O4/c15-12(18)10-5-1-2-6-11(10)17-14(20)13(19)16-8-9-4-3-7-21-9/h1-2,5-6,9H,3-4,7-8H2,(H2,15,18)(H,16,19)(H,17,20). The number of hydrogen-bond acceptors (Lipinski definition) is 4. The van der Waals surface area contributed by atoms with Crippen LogP contribution in [0.3, 0.4) is 0 Å². The number of rotatable bonds is 4. The minimum absolute atomic E-state index is 0.0420. The van der Waals surface area contributed by atoms with Gasteiger partial charge in [0, 0.05) is 13.2 Å². The van der Waals surface area contributed by atoms with Crippen molar-refractivity contribution in [3.63, 3.8) is 0 Å². The van der Waals surface area contributed by atoms with E-state index in [0.717, 1.165) is 12.8 Å². The smallest absolute Gasteiger partial charge is 0.313 e. The van der Waals surface area contributed by atoms with Gasteiger partial charge in [0.25, 0.3) is 5.91 Å². The molecule has 0 spiro atoms. The largest absolute Gasteiger partial charge is 0.376 e. The zero-order valence-electron chi connectivity index (χ0n) is 11.4. The average Bonchev–Trinajstić information content (AvgIpc) is 2.98. The molecule has 0 aliphatic carbocycles. The van der Waals surface area contributed by atoms with Crippen molar-refractivity contribution in [1.29, 1.82) is 0 Å². The molecule has 1 aromatic rings. The molecular weight excluding hydrogens is 274 g/mol. The van der Waals surface area contributed by atoms with E-state index in [0.29, 0.717) is 13.2 Å². The van der Waals surface area contributed by atoms with E-state index in [2.05, 4.69) is 10.6 Å². The fourth-order valence-electron chi connectivity index (χ4n) is 2.08. The number of nitrogens with one attached hydrogen (secondary N) is 2. The molecule has 112 valence electrons. The Kier molecular flexibility index (Phi) is 4.89. The summed E-state index contributed by atoms with van der Waals surface area (Å²) in [7, 11) is 0. The maximum absolute atomic E-state index is 11.8. The van der Waals surface area contributed by atoms with Crippen molar-refractivity contribution < 1.29 is 19.1 Å². The second-order valence-corrected chi connectivity index (χ2v) is 4.71. The molecule has 1 aliphatic rings. The third kappa shape index (κ3) is 4.03. The summed E-state index contributed by atoms with van der Waals surface area (Å²) >= 11 is 0. The molecule has 1 aromatic carbocycles. The lowest BCUT2D eigenvalue weighted by molar-refractivity contribution is -0.136. The first-order valence-corrected chi connectivity index (χ1v) is 6.67. The molecule has 4 N–H and O–H groups in total. The van der Waals surface area contributed by atoms with Crippen LogP contribution in [0.5, 0.6) is 0 Å². The number of carbonyl (C=O) groups is 3. The third-order valence-corrected chi connectivity index (χ3v) is 3.16. The lowest BCUT2D eigenvalue weighted by atomic mass is 10.1. The number of carbonyl (C=O) groups excluding carboxylic acids is 3. The minimum Gasteiger partial charge on any atom is -0.376 e. The first-order chi connectivity index (χ1) is 10.1. The van der Waals surface area contributed by atoms with Gasteiger partial charge in [-0.25, -0.2) is 0 Å². The quantitative estimate of drug-likeness (QED) is 0.679. The van der Waals surface area contributed by atoms with Gasteiger partial charge in [-0.3, -0.25) is 14.4 Å². The zero-order valence-corrected chi connectivity index (χ0v) is 11.4. The van der Waals surface area contributed by atoms with Crippen LogP contribution in [-0.4, -0.2) is 37.0 Å². The van der Waals surface area contributed by atoms with E-state index in [1.807, 2.05) is 0 Å². The monoisotopic (exact) mass is 291 g/mol. The van der Waals surface area contributed by atoms with Crippen molar-refractivity contribution in [2.45, 2.75) is 18.9 Å². The van der Waals surface area contributed by atoms with Crippen molar-refractivity contribution in [3.8, 4) is 0 Å². The van der Waals surface area contributed by atoms with E-state index in [1.165, 1.54) is 12.1 Å². The molecule has 1 saturated heterocycles. The topological polar surface area (TPSA) is 111 Å². The molecule has 2 rings (SSSR count). The number of nitrogens with two attached hydrogens (primary N) is 1. The predicted octanol–water partition coefficient (Wildman–Crippen LogP) is 0.0192. The van der Waals surface area contributed by atoms with Crippen molar-refractivity contribution in [2.75, 3.05) is 18.5 Å². The van der Waals surface area contributed by atoms with Gasteiger partial charge in [-0.2, -0.15) is 0 Å². The summed E-state index contributed by atoms with van der Waals surface area (Å²) in [6, 6.07) is 6.23. The van der Waals surface area contributed by atoms with Crippen LogP contribution in [0.1, 0.15) is 23.2 Å². The lowest BCUT2D eigenvalue weighted by Gasteiger charge is -2.11. The van der Waals surface area contributed by atoms with Gasteiger partial charge in [0.15, 0.2) is 0 Å². The molecule has 1 atom stereocenters. The molecular formula is C14H17N3O4. The second kappa shape index (κ2) is 6.85. The maximum atomic E-state index is 11.8. The number of primary amides is 1. The summed E-state index contributed by atoms with van der Waals surface area (Å²) in [5.41, 5.74) is 5.56. The zero-order chi connectivity index (χ0) is 15.2. The fourth-order valence-corrected chi connectivity index (χ4v) is 2.08. The van der Waals surface area contributed by atoms with Crippen LogP contribution in [0.4, 0.5) is 5.69 Å². The Bertz CT molecular complexity index is 553. The van der Waals surface area contributed by atoms with Crippen LogP contribution in [-0.2, 0) is 14.3 Å². The van der Waals surface area contributed by atoms with Gasteiger partial charge in [0.05, 0.1) is 17.4 Å². The molecule has 0 bridgehead atoms. The van der Waals surface area contributed by atoms with Crippen molar-refractivity contribution in [1.82, 2.24) is 5.32 Å². The summed E-state index contributed by atoms with van der Waals surface area (Å²) in [5, 5.41) is 4.88. The molecule has 7 heteroatoms. The number of ether oxygens (including phenoxy) is 1. The second-order valence-electron chi connectivity index (χ2n) is 4.71. The fraction of sp³-hybridized carbons (Fsp3) is 0.357. The first kappa shape index (κ1) is 15.0. The SMILES string of the molecule is NC(=O)c1ccccc1NC(=O)C(=O)NCC1CCCO1. The molecule has 0 radical (unpaired) electrons. The van der Waals surface area contributed by atoms with Gasteiger partial charge in [-0.15, -0.1) is 0 Å². The summed E-state index contributed by atoms with van der Waals surface area (Å²) in [4.78, 5) is 34.7. The molecule has 21 heavy (non-hydrogen) atoms.